The average molecular weight is 453 g/mol. The number of cyclic esters (lactones) is 1. The zero-order valence-electron chi connectivity index (χ0n) is 17.6. The fraction of sp³-hybridized carbons (Fsp3) is 0.227. The van der Waals surface area contributed by atoms with Gasteiger partial charge in [0.15, 0.2) is 5.82 Å². The number of aromatic nitrogens is 2. The Labute approximate surface area is 187 Å². The van der Waals surface area contributed by atoms with Crippen LogP contribution in [0.5, 0.6) is 0 Å². The monoisotopic (exact) mass is 453 g/mol. The number of ether oxygens (including phenoxy) is 1. The van der Waals surface area contributed by atoms with Crippen LogP contribution in [0.2, 0.25) is 0 Å². The van der Waals surface area contributed by atoms with E-state index in [0.717, 1.165) is 0 Å². The molecule has 4 rings (SSSR count). The van der Waals surface area contributed by atoms with Gasteiger partial charge in [0.25, 0.3) is 5.91 Å². The summed E-state index contributed by atoms with van der Waals surface area (Å²) in [6, 6.07) is 10.9. The Morgan fingerprint density at radius 2 is 1.97 bits per heavy atom. The molecular formula is C22H20FN5O5. The lowest BCUT2D eigenvalue weighted by atomic mass is 10.0. The molecule has 0 aliphatic carbocycles. The minimum atomic E-state index is -0.603. The minimum Gasteiger partial charge on any atom is -0.442 e. The predicted molar refractivity (Wildman–Crippen MR) is 114 cm³/mol. The fourth-order valence-corrected chi connectivity index (χ4v) is 3.34. The number of nitrogens with zero attached hydrogens (tertiary/aromatic N) is 3. The SMILES string of the molecule is CC(=O)NCC1CN(c2ccc(-c3ccc(C(=O)NCc4ncon4)cc3)c(F)c2)C(=O)O1. The third kappa shape index (κ3) is 5.14. The smallest absolute Gasteiger partial charge is 0.414 e. The van der Waals surface area contributed by atoms with Crippen LogP contribution in [-0.4, -0.2) is 47.2 Å². The molecule has 3 aromatic rings. The number of halogens is 1. The Bertz CT molecular complexity index is 1170. The molecule has 1 fully saturated rings. The Balaban J connectivity index is 1.42. The largest absolute Gasteiger partial charge is 0.442 e. The molecule has 0 bridgehead atoms. The number of rotatable bonds is 7. The van der Waals surface area contributed by atoms with E-state index in [9.17, 15) is 18.8 Å². The van der Waals surface area contributed by atoms with Crippen molar-refractivity contribution in [2.45, 2.75) is 19.6 Å². The van der Waals surface area contributed by atoms with Crippen LogP contribution in [-0.2, 0) is 16.1 Å². The lowest BCUT2D eigenvalue weighted by Crippen LogP contribution is -2.33. The molecular weight excluding hydrogens is 433 g/mol. The maximum Gasteiger partial charge on any atom is 0.414 e. The zero-order valence-corrected chi connectivity index (χ0v) is 17.6. The zero-order chi connectivity index (χ0) is 23.4. The average Bonchev–Trinajstić information content (AvgIpc) is 3.45. The van der Waals surface area contributed by atoms with Crippen LogP contribution in [0.4, 0.5) is 14.9 Å². The van der Waals surface area contributed by atoms with Gasteiger partial charge in [0, 0.05) is 18.1 Å². The van der Waals surface area contributed by atoms with Crippen molar-refractivity contribution in [3.63, 3.8) is 0 Å². The van der Waals surface area contributed by atoms with Gasteiger partial charge >= 0.3 is 6.09 Å². The minimum absolute atomic E-state index is 0.123. The molecule has 11 heteroatoms. The van der Waals surface area contributed by atoms with Gasteiger partial charge in [-0.15, -0.1) is 0 Å². The molecule has 1 unspecified atom stereocenters. The van der Waals surface area contributed by atoms with E-state index in [4.69, 9.17) is 4.74 Å². The molecule has 10 nitrogen and oxygen atoms in total. The van der Waals surface area contributed by atoms with Gasteiger partial charge in [0.05, 0.1) is 25.3 Å². The first-order valence-corrected chi connectivity index (χ1v) is 10.1. The van der Waals surface area contributed by atoms with Crippen molar-refractivity contribution in [3.8, 4) is 11.1 Å². The van der Waals surface area contributed by atoms with E-state index in [1.165, 1.54) is 24.3 Å². The molecule has 2 heterocycles. The summed E-state index contributed by atoms with van der Waals surface area (Å²) >= 11 is 0. The summed E-state index contributed by atoms with van der Waals surface area (Å²) in [7, 11) is 0. The molecule has 0 spiro atoms. The van der Waals surface area contributed by atoms with E-state index in [1.807, 2.05) is 0 Å². The molecule has 2 N–H and O–H groups in total. The van der Waals surface area contributed by atoms with Gasteiger partial charge in [-0.1, -0.05) is 17.3 Å². The summed E-state index contributed by atoms with van der Waals surface area (Å²) in [6.07, 6.45) is 0.0593. The quantitative estimate of drug-likeness (QED) is 0.562. The van der Waals surface area contributed by atoms with Crippen molar-refractivity contribution in [1.82, 2.24) is 20.8 Å². The Morgan fingerprint density at radius 3 is 2.64 bits per heavy atom. The van der Waals surface area contributed by atoms with E-state index in [2.05, 4.69) is 25.3 Å². The Kier molecular flexibility index (Phi) is 6.29. The van der Waals surface area contributed by atoms with Gasteiger partial charge in [-0.25, -0.2) is 9.18 Å². The van der Waals surface area contributed by atoms with Gasteiger partial charge in [-0.2, -0.15) is 4.98 Å². The normalized spacial score (nSPS) is 15.3. The summed E-state index contributed by atoms with van der Waals surface area (Å²) in [5, 5.41) is 8.87. The third-order valence-corrected chi connectivity index (χ3v) is 4.99. The van der Waals surface area contributed by atoms with Crippen molar-refractivity contribution >= 4 is 23.6 Å². The van der Waals surface area contributed by atoms with E-state index in [0.29, 0.717) is 28.2 Å². The second kappa shape index (κ2) is 9.47. The molecule has 170 valence electrons. The second-order valence-electron chi connectivity index (χ2n) is 7.33. The van der Waals surface area contributed by atoms with Gasteiger partial charge in [-0.3, -0.25) is 14.5 Å². The van der Waals surface area contributed by atoms with Crippen molar-refractivity contribution in [2.24, 2.45) is 0 Å². The summed E-state index contributed by atoms with van der Waals surface area (Å²) in [5.41, 5.74) is 1.63. The first-order valence-electron chi connectivity index (χ1n) is 10.1. The predicted octanol–water partition coefficient (Wildman–Crippen LogP) is 2.27. The number of carbonyl (C=O) groups excluding carboxylic acids is 3. The van der Waals surface area contributed by atoms with Crippen LogP contribution >= 0.6 is 0 Å². The van der Waals surface area contributed by atoms with Gasteiger partial charge in [0.1, 0.15) is 11.9 Å². The number of anilines is 1. The first kappa shape index (κ1) is 21.9. The standard InChI is InChI=1S/C22H20FN5O5/c1-13(29)24-9-17-11-28(22(31)33-17)16-6-7-18(19(23)8-16)14-2-4-15(5-3-14)21(30)25-10-20-26-12-32-27-20/h2-8,12,17H,9-11H2,1H3,(H,24,29)(H,25,30). The number of benzene rings is 2. The fourth-order valence-electron chi connectivity index (χ4n) is 3.34. The number of hydrogen-bond donors (Lipinski definition) is 2. The number of hydrogen-bond acceptors (Lipinski definition) is 7. The van der Waals surface area contributed by atoms with Crippen LogP contribution in [0, 0.1) is 5.82 Å². The van der Waals surface area contributed by atoms with E-state index in [1.54, 1.807) is 36.4 Å². The van der Waals surface area contributed by atoms with E-state index < -0.39 is 18.0 Å². The molecule has 0 saturated carbocycles. The van der Waals surface area contributed by atoms with Crippen molar-refractivity contribution < 1.29 is 28.0 Å². The van der Waals surface area contributed by atoms with E-state index >= 15 is 0 Å². The Morgan fingerprint density at radius 1 is 1.18 bits per heavy atom. The molecule has 1 aromatic heterocycles. The number of nitrogens with one attached hydrogen (secondary N) is 2. The summed E-state index contributed by atoms with van der Waals surface area (Å²) in [4.78, 5) is 40.6. The molecule has 3 amide bonds. The van der Waals surface area contributed by atoms with Gasteiger partial charge < -0.3 is 19.9 Å². The molecule has 1 aliphatic rings. The topological polar surface area (TPSA) is 127 Å². The molecule has 33 heavy (non-hydrogen) atoms. The van der Waals surface area contributed by atoms with Gasteiger partial charge in [-0.05, 0) is 35.9 Å². The maximum atomic E-state index is 14.9. The van der Waals surface area contributed by atoms with Crippen molar-refractivity contribution in [2.75, 3.05) is 18.0 Å². The highest BCUT2D eigenvalue weighted by molar-refractivity contribution is 5.94. The molecule has 2 aromatic carbocycles. The summed E-state index contributed by atoms with van der Waals surface area (Å²) < 4.78 is 24.7. The lowest BCUT2D eigenvalue weighted by Gasteiger charge is -2.14. The van der Waals surface area contributed by atoms with Crippen LogP contribution in [0.3, 0.4) is 0 Å². The number of carbonyl (C=O) groups is 3. The second-order valence-corrected chi connectivity index (χ2v) is 7.33. The van der Waals surface area contributed by atoms with Crippen LogP contribution < -0.4 is 15.5 Å². The third-order valence-electron chi connectivity index (χ3n) is 4.99. The number of amides is 3. The first-order chi connectivity index (χ1) is 15.9. The molecule has 1 atom stereocenters. The Hall–Kier alpha value is -4.28. The highest BCUT2D eigenvalue weighted by atomic mass is 19.1. The molecule has 1 saturated heterocycles. The highest BCUT2D eigenvalue weighted by Crippen LogP contribution is 2.29. The van der Waals surface area contributed by atoms with Crippen molar-refractivity contribution in [1.29, 1.82) is 0 Å². The van der Waals surface area contributed by atoms with E-state index in [-0.39, 0.29) is 31.4 Å². The van der Waals surface area contributed by atoms with Gasteiger partial charge in [0.2, 0.25) is 12.3 Å². The van der Waals surface area contributed by atoms with Crippen LogP contribution in [0.25, 0.3) is 11.1 Å². The maximum absolute atomic E-state index is 14.9. The summed E-state index contributed by atoms with van der Waals surface area (Å²) in [5.74, 6) is -0.732. The van der Waals surface area contributed by atoms with Crippen LogP contribution in [0.15, 0.2) is 53.4 Å². The van der Waals surface area contributed by atoms with Crippen molar-refractivity contribution in [3.05, 3.63) is 66.1 Å². The van der Waals surface area contributed by atoms with Crippen LogP contribution in [0.1, 0.15) is 23.1 Å². The highest BCUT2D eigenvalue weighted by Gasteiger charge is 2.32. The summed E-state index contributed by atoms with van der Waals surface area (Å²) in [6.45, 7) is 1.88. The lowest BCUT2D eigenvalue weighted by molar-refractivity contribution is -0.119. The molecule has 0 radical (unpaired) electrons. The molecule has 1 aliphatic heterocycles.